The molecule has 0 saturated heterocycles. The molecule has 0 atom stereocenters. The molecule has 0 aliphatic carbocycles. The quantitative estimate of drug-likeness (QED) is 0.494. The van der Waals surface area contributed by atoms with Gasteiger partial charge in [-0.1, -0.05) is 35.5 Å². The fourth-order valence-corrected chi connectivity index (χ4v) is 2.82. The van der Waals surface area contributed by atoms with E-state index in [2.05, 4.69) is 14.9 Å². The second-order valence-electron chi connectivity index (χ2n) is 4.86. The lowest BCUT2D eigenvalue weighted by atomic mass is 10.1. The summed E-state index contributed by atoms with van der Waals surface area (Å²) in [5.41, 5.74) is 2.38. The third-order valence-corrected chi connectivity index (χ3v) is 4.38. The molecule has 0 N–H and O–H groups in total. The summed E-state index contributed by atoms with van der Waals surface area (Å²) in [7, 11) is 1.36. The smallest absolute Gasteiger partial charge is 0.337 e. The average Bonchev–Trinajstić information content (AvgIpc) is 3.09. The van der Waals surface area contributed by atoms with E-state index in [4.69, 9.17) is 16.0 Å². The van der Waals surface area contributed by atoms with Gasteiger partial charge in [0.1, 0.15) is 0 Å². The second kappa shape index (κ2) is 7.51. The Bertz CT molecular complexity index is 832. The van der Waals surface area contributed by atoms with Crippen LogP contribution in [0.2, 0.25) is 5.02 Å². The minimum absolute atomic E-state index is 0.348. The number of thioether (sulfide) groups is 1. The van der Waals surface area contributed by atoms with Gasteiger partial charge in [-0.15, -0.1) is 10.2 Å². The highest BCUT2D eigenvalue weighted by Crippen LogP contribution is 2.26. The second-order valence-corrected chi connectivity index (χ2v) is 6.22. The van der Waals surface area contributed by atoms with Crippen molar-refractivity contribution in [3.05, 3.63) is 64.7 Å². The van der Waals surface area contributed by atoms with Crippen LogP contribution in [0.3, 0.4) is 0 Å². The Labute approximate surface area is 148 Å². The van der Waals surface area contributed by atoms with Crippen LogP contribution in [-0.4, -0.2) is 23.3 Å². The first kappa shape index (κ1) is 16.5. The summed E-state index contributed by atoms with van der Waals surface area (Å²) < 4.78 is 10.3. The van der Waals surface area contributed by atoms with Gasteiger partial charge in [-0.3, -0.25) is 0 Å². The maximum atomic E-state index is 11.4. The molecule has 0 bridgehead atoms. The number of nitrogens with zero attached hydrogens (tertiary/aromatic N) is 2. The summed E-state index contributed by atoms with van der Waals surface area (Å²) >= 11 is 7.29. The van der Waals surface area contributed by atoms with Crippen molar-refractivity contribution in [2.24, 2.45) is 0 Å². The van der Waals surface area contributed by atoms with Crippen LogP contribution >= 0.6 is 23.4 Å². The zero-order valence-electron chi connectivity index (χ0n) is 12.7. The lowest BCUT2D eigenvalue weighted by Gasteiger charge is -2.01. The minimum atomic E-state index is -0.348. The van der Waals surface area contributed by atoms with E-state index in [0.29, 0.717) is 27.5 Å². The molecular formula is C17H13ClN2O3S. The highest BCUT2D eigenvalue weighted by atomic mass is 35.5. The van der Waals surface area contributed by atoms with E-state index in [9.17, 15) is 4.79 Å². The predicted octanol–water partition coefficient (Wildman–Crippen LogP) is 4.47. The Morgan fingerprint density at radius 3 is 2.50 bits per heavy atom. The van der Waals surface area contributed by atoms with E-state index in [1.165, 1.54) is 18.9 Å². The van der Waals surface area contributed by atoms with Crippen LogP contribution in [0.25, 0.3) is 11.5 Å². The molecular weight excluding hydrogens is 348 g/mol. The van der Waals surface area contributed by atoms with Crippen molar-refractivity contribution in [2.45, 2.75) is 11.0 Å². The Kier molecular flexibility index (Phi) is 5.17. The molecule has 2 aromatic carbocycles. The zero-order chi connectivity index (χ0) is 16.9. The number of aromatic nitrogens is 2. The van der Waals surface area contributed by atoms with E-state index >= 15 is 0 Å². The topological polar surface area (TPSA) is 65.2 Å². The highest BCUT2D eigenvalue weighted by Gasteiger charge is 2.10. The lowest BCUT2D eigenvalue weighted by molar-refractivity contribution is 0.0600. The maximum absolute atomic E-state index is 11.4. The van der Waals surface area contributed by atoms with Gasteiger partial charge in [-0.25, -0.2) is 4.79 Å². The fraction of sp³-hybridized carbons (Fsp3) is 0.118. The number of halogens is 1. The van der Waals surface area contributed by atoms with Gasteiger partial charge < -0.3 is 9.15 Å². The van der Waals surface area contributed by atoms with E-state index in [0.717, 1.165) is 11.1 Å². The van der Waals surface area contributed by atoms with Gasteiger partial charge in [-0.05, 0) is 42.0 Å². The van der Waals surface area contributed by atoms with Gasteiger partial charge in [0.2, 0.25) is 5.89 Å². The Morgan fingerprint density at radius 1 is 1.12 bits per heavy atom. The predicted molar refractivity (Wildman–Crippen MR) is 92.1 cm³/mol. The van der Waals surface area contributed by atoms with Crippen molar-refractivity contribution in [3.8, 4) is 11.5 Å². The molecule has 0 saturated carbocycles. The molecule has 1 heterocycles. The van der Waals surface area contributed by atoms with Crippen molar-refractivity contribution in [1.82, 2.24) is 10.2 Å². The first-order valence-electron chi connectivity index (χ1n) is 7.05. The molecule has 24 heavy (non-hydrogen) atoms. The molecule has 0 unspecified atom stereocenters. The number of hydrogen-bond donors (Lipinski definition) is 0. The maximum Gasteiger partial charge on any atom is 0.337 e. The van der Waals surface area contributed by atoms with Crippen LogP contribution in [0.5, 0.6) is 0 Å². The van der Waals surface area contributed by atoms with Gasteiger partial charge in [0.15, 0.2) is 0 Å². The summed E-state index contributed by atoms with van der Waals surface area (Å²) in [4.78, 5) is 11.4. The minimum Gasteiger partial charge on any atom is -0.465 e. The Balaban J connectivity index is 1.63. The first-order valence-corrected chi connectivity index (χ1v) is 8.41. The molecule has 1 aromatic heterocycles. The molecule has 0 amide bonds. The van der Waals surface area contributed by atoms with Crippen LogP contribution in [-0.2, 0) is 10.5 Å². The molecule has 122 valence electrons. The summed E-state index contributed by atoms with van der Waals surface area (Å²) in [5.74, 6) is 0.762. The standard InChI is InChI=1S/C17H13ClN2O3S/c1-22-16(21)13-4-2-11(3-5-13)10-24-17-20-19-15(23-17)12-6-8-14(18)9-7-12/h2-9H,10H2,1H3. The number of benzene rings is 2. The lowest BCUT2D eigenvalue weighted by Crippen LogP contribution is -2.00. The van der Waals surface area contributed by atoms with E-state index in [1.807, 2.05) is 24.3 Å². The van der Waals surface area contributed by atoms with Crippen molar-refractivity contribution < 1.29 is 13.9 Å². The number of carbonyl (C=O) groups is 1. The number of ether oxygens (including phenoxy) is 1. The molecule has 0 aliphatic rings. The summed E-state index contributed by atoms with van der Waals surface area (Å²) in [5, 5.41) is 9.20. The van der Waals surface area contributed by atoms with Crippen LogP contribution in [0.15, 0.2) is 58.2 Å². The van der Waals surface area contributed by atoms with Crippen LogP contribution in [0.4, 0.5) is 0 Å². The van der Waals surface area contributed by atoms with Crippen molar-refractivity contribution in [1.29, 1.82) is 0 Å². The van der Waals surface area contributed by atoms with Gasteiger partial charge in [0.25, 0.3) is 5.22 Å². The number of rotatable bonds is 5. The Morgan fingerprint density at radius 2 is 1.83 bits per heavy atom. The molecule has 7 heteroatoms. The normalized spacial score (nSPS) is 10.6. The monoisotopic (exact) mass is 360 g/mol. The van der Waals surface area contributed by atoms with Crippen LogP contribution in [0, 0.1) is 0 Å². The number of hydrogen-bond acceptors (Lipinski definition) is 6. The molecule has 0 spiro atoms. The largest absolute Gasteiger partial charge is 0.465 e. The molecule has 3 rings (SSSR count). The summed E-state index contributed by atoms with van der Waals surface area (Å²) in [6.07, 6.45) is 0. The number of carbonyl (C=O) groups excluding carboxylic acids is 1. The van der Waals surface area contributed by atoms with Gasteiger partial charge in [-0.2, -0.15) is 0 Å². The average molecular weight is 361 g/mol. The van der Waals surface area contributed by atoms with Crippen molar-refractivity contribution in [2.75, 3.05) is 7.11 Å². The van der Waals surface area contributed by atoms with Crippen molar-refractivity contribution >= 4 is 29.3 Å². The third-order valence-electron chi connectivity index (χ3n) is 3.23. The molecule has 0 fully saturated rings. The van der Waals surface area contributed by atoms with Crippen molar-refractivity contribution in [3.63, 3.8) is 0 Å². The molecule has 0 aliphatic heterocycles. The number of methoxy groups -OCH3 is 1. The third kappa shape index (κ3) is 3.96. The number of esters is 1. The Hall–Kier alpha value is -2.31. The molecule has 0 radical (unpaired) electrons. The van der Waals surface area contributed by atoms with Gasteiger partial charge in [0.05, 0.1) is 12.7 Å². The van der Waals surface area contributed by atoms with Gasteiger partial charge in [0, 0.05) is 16.3 Å². The van der Waals surface area contributed by atoms with Crippen LogP contribution in [0.1, 0.15) is 15.9 Å². The van der Waals surface area contributed by atoms with E-state index < -0.39 is 0 Å². The molecule has 5 nitrogen and oxygen atoms in total. The SMILES string of the molecule is COC(=O)c1ccc(CSc2nnc(-c3ccc(Cl)cc3)o2)cc1. The summed E-state index contributed by atoms with van der Waals surface area (Å²) in [6.45, 7) is 0. The van der Waals surface area contributed by atoms with E-state index in [1.54, 1.807) is 24.3 Å². The summed E-state index contributed by atoms with van der Waals surface area (Å²) in [6, 6.07) is 14.4. The van der Waals surface area contributed by atoms with Crippen LogP contribution < -0.4 is 0 Å². The van der Waals surface area contributed by atoms with E-state index in [-0.39, 0.29) is 5.97 Å². The van der Waals surface area contributed by atoms with Gasteiger partial charge >= 0.3 is 5.97 Å². The highest BCUT2D eigenvalue weighted by molar-refractivity contribution is 7.98. The fourth-order valence-electron chi connectivity index (χ4n) is 1.98. The first-order chi connectivity index (χ1) is 11.7. The molecule has 3 aromatic rings. The zero-order valence-corrected chi connectivity index (χ0v) is 14.3.